The lowest BCUT2D eigenvalue weighted by Gasteiger charge is -2.26. The van der Waals surface area contributed by atoms with Gasteiger partial charge in [0.2, 0.25) is 0 Å². The highest BCUT2D eigenvalue weighted by Gasteiger charge is 2.44. The summed E-state index contributed by atoms with van der Waals surface area (Å²) in [7, 11) is 0. The van der Waals surface area contributed by atoms with Gasteiger partial charge in [0.25, 0.3) is 0 Å². The van der Waals surface area contributed by atoms with Gasteiger partial charge in [-0.25, -0.2) is 4.79 Å². The van der Waals surface area contributed by atoms with Crippen molar-refractivity contribution in [1.29, 1.82) is 0 Å². The molecule has 0 spiro atoms. The third-order valence-corrected chi connectivity index (χ3v) is 5.65. The lowest BCUT2D eigenvalue weighted by Crippen LogP contribution is -2.39. The summed E-state index contributed by atoms with van der Waals surface area (Å²) >= 11 is 0. The van der Waals surface area contributed by atoms with Crippen LogP contribution < -0.4 is 0 Å². The maximum atomic E-state index is 12.3. The topological polar surface area (TPSA) is 72.8 Å². The Labute approximate surface area is 174 Å². The van der Waals surface area contributed by atoms with E-state index < -0.39 is 11.6 Å². The van der Waals surface area contributed by atoms with E-state index in [0.717, 1.165) is 6.42 Å². The zero-order valence-corrected chi connectivity index (χ0v) is 18.0. The molecule has 2 rings (SSSR count). The Hall–Kier alpha value is -2.14. The van der Waals surface area contributed by atoms with Gasteiger partial charge in [0.1, 0.15) is 6.61 Å². The number of aryl methyl sites for hydroxylation is 1. The van der Waals surface area contributed by atoms with E-state index in [4.69, 9.17) is 9.47 Å². The second-order valence-corrected chi connectivity index (χ2v) is 8.68. The van der Waals surface area contributed by atoms with E-state index in [2.05, 4.69) is 27.7 Å². The lowest BCUT2D eigenvalue weighted by atomic mass is 9.83. The highest BCUT2D eigenvalue weighted by Crippen LogP contribution is 2.32. The number of aliphatic hydroxyl groups excluding tert-OH is 1. The van der Waals surface area contributed by atoms with Gasteiger partial charge in [-0.2, -0.15) is 0 Å². The zero-order chi connectivity index (χ0) is 21.4. The largest absolute Gasteiger partial charge is 0.461 e. The van der Waals surface area contributed by atoms with Crippen LogP contribution in [0.5, 0.6) is 0 Å². The minimum absolute atomic E-state index is 0.118. The molecule has 29 heavy (non-hydrogen) atoms. The summed E-state index contributed by atoms with van der Waals surface area (Å²) in [5.74, 6) is 0.218. The number of carbonyl (C=O) groups excluding carboxylic acids is 2. The van der Waals surface area contributed by atoms with Gasteiger partial charge in [-0.1, -0.05) is 64.1 Å². The average molecular weight is 403 g/mol. The summed E-state index contributed by atoms with van der Waals surface area (Å²) in [6.45, 7) is 7.89. The molecule has 1 heterocycles. The average Bonchev–Trinajstić information content (AvgIpc) is 3.01. The molecular formula is C24H34O5. The van der Waals surface area contributed by atoms with Crippen molar-refractivity contribution >= 4 is 11.9 Å². The standard InChI is InChI=1S/C24H34O5/c1-17(2)21(18(3)4)13-22(26)28-16-24(15-25)14-20(23(27)29-24)12-8-11-19-9-6-5-7-10-19/h5-7,9-10,12,17-18,21,25H,8,11,13-16H2,1-4H3/b20-12+. The van der Waals surface area contributed by atoms with Gasteiger partial charge in [0, 0.05) is 18.4 Å². The molecule has 1 unspecified atom stereocenters. The molecule has 1 aromatic rings. The van der Waals surface area contributed by atoms with Crippen molar-refractivity contribution in [2.45, 2.75) is 59.0 Å². The van der Waals surface area contributed by atoms with Crippen molar-refractivity contribution in [2.75, 3.05) is 13.2 Å². The van der Waals surface area contributed by atoms with Gasteiger partial charge in [-0.15, -0.1) is 0 Å². The highest BCUT2D eigenvalue weighted by molar-refractivity contribution is 5.91. The summed E-state index contributed by atoms with van der Waals surface area (Å²) in [5, 5.41) is 9.83. The van der Waals surface area contributed by atoms with E-state index in [-0.39, 0.29) is 31.5 Å². The third-order valence-electron chi connectivity index (χ3n) is 5.65. The first kappa shape index (κ1) is 23.1. The van der Waals surface area contributed by atoms with Crippen LogP contribution >= 0.6 is 0 Å². The quantitative estimate of drug-likeness (QED) is 0.471. The van der Waals surface area contributed by atoms with Crippen molar-refractivity contribution in [3.05, 3.63) is 47.5 Å². The van der Waals surface area contributed by atoms with E-state index in [1.807, 2.05) is 36.4 Å². The van der Waals surface area contributed by atoms with E-state index in [1.54, 1.807) is 0 Å². The Morgan fingerprint density at radius 2 is 1.86 bits per heavy atom. The summed E-state index contributed by atoms with van der Waals surface area (Å²) in [5.41, 5.74) is 0.562. The molecule has 1 aliphatic rings. The number of aliphatic hydroxyl groups is 1. The third kappa shape index (κ3) is 6.70. The molecule has 0 saturated carbocycles. The molecule has 1 saturated heterocycles. The second kappa shape index (κ2) is 10.6. The van der Waals surface area contributed by atoms with Gasteiger partial charge in [0.15, 0.2) is 5.60 Å². The molecule has 0 aliphatic carbocycles. The molecule has 1 aromatic carbocycles. The SMILES string of the molecule is CC(C)C(CC(=O)OCC1(CO)C/C(=C\CCc2ccccc2)C(=O)O1)C(C)C. The Morgan fingerprint density at radius 1 is 1.21 bits per heavy atom. The van der Waals surface area contributed by atoms with Crippen molar-refractivity contribution in [1.82, 2.24) is 0 Å². The zero-order valence-electron chi connectivity index (χ0n) is 18.0. The molecule has 5 nitrogen and oxygen atoms in total. The molecule has 1 atom stereocenters. The van der Waals surface area contributed by atoms with E-state index >= 15 is 0 Å². The molecular weight excluding hydrogens is 368 g/mol. The summed E-state index contributed by atoms with van der Waals surface area (Å²) < 4.78 is 10.8. The predicted octanol–water partition coefficient (Wildman–Crippen LogP) is 4.09. The number of cyclic esters (lactones) is 1. The predicted molar refractivity (Wildman–Crippen MR) is 112 cm³/mol. The van der Waals surface area contributed by atoms with Crippen LogP contribution in [0.1, 0.15) is 52.5 Å². The normalized spacial score (nSPS) is 20.7. The molecule has 160 valence electrons. The summed E-state index contributed by atoms with van der Waals surface area (Å²) in [4.78, 5) is 24.6. The van der Waals surface area contributed by atoms with E-state index in [0.29, 0.717) is 30.3 Å². The molecule has 0 radical (unpaired) electrons. The second-order valence-electron chi connectivity index (χ2n) is 8.68. The van der Waals surface area contributed by atoms with Crippen molar-refractivity contribution in [2.24, 2.45) is 17.8 Å². The molecule has 0 amide bonds. The molecule has 5 heteroatoms. The number of ether oxygens (including phenoxy) is 2. The van der Waals surface area contributed by atoms with Crippen LogP contribution in [0.4, 0.5) is 0 Å². The fourth-order valence-corrected chi connectivity index (χ4v) is 3.85. The number of hydrogen-bond donors (Lipinski definition) is 1. The van der Waals surface area contributed by atoms with Crippen LogP contribution in [-0.4, -0.2) is 35.9 Å². The number of esters is 2. The van der Waals surface area contributed by atoms with Crippen LogP contribution in [0, 0.1) is 17.8 Å². The Bertz CT molecular complexity index is 699. The monoisotopic (exact) mass is 402 g/mol. The molecule has 1 fully saturated rings. The Kier molecular flexibility index (Phi) is 8.45. The smallest absolute Gasteiger partial charge is 0.334 e. The maximum Gasteiger partial charge on any atom is 0.334 e. The van der Waals surface area contributed by atoms with E-state index in [9.17, 15) is 14.7 Å². The van der Waals surface area contributed by atoms with Gasteiger partial charge in [-0.05, 0) is 36.2 Å². The van der Waals surface area contributed by atoms with Gasteiger partial charge < -0.3 is 14.6 Å². The number of benzene rings is 1. The minimum atomic E-state index is -1.17. The summed E-state index contributed by atoms with van der Waals surface area (Å²) in [6, 6.07) is 10.0. The van der Waals surface area contributed by atoms with Crippen molar-refractivity contribution in [3.63, 3.8) is 0 Å². The number of rotatable bonds is 10. The fraction of sp³-hybridized carbons (Fsp3) is 0.583. The molecule has 1 aliphatic heterocycles. The van der Waals surface area contributed by atoms with Gasteiger partial charge in [0.05, 0.1) is 6.61 Å². The number of allylic oxidation sites excluding steroid dienone is 1. The highest BCUT2D eigenvalue weighted by atomic mass is 16.6. The van der Waals surface area contributed by atoms with Crippen LogP contribution in [0.15, 0.2) is 42.0 Å². The molecule has 0 bridgehead atoms. The molecule has 1 N–H and O–H groups in total. The van der Waals surface area contributed by atoms with E-state index in [1.165, 1.54) is 5.56 Å². The fourth-order valence-electron chi connectivity index (χ4n) is 3.85. The maximum absolute atomic E-state index is 12.3. The first-order chi connectivity index (χ1) is 13.8. The Morgan fingerprint density at radius 3 is 2.45 bits per heavy atom. The lowest BCUT2D eigenvalue weighted by molar-refractivity contribution is -0.167. The minimum Gasteiger partial charge on any atom is -0.461 e. The van der Waals surface area contributed by atoms with Crippen LogP contribution in [-0.2, 0) is 25.5 Å². The number of carbonyl (C=O) groups is 2. The van der Waals surface area contributed by atoms with Crippen LogP contribution in [0.2, 0.25) is 0 Å². The van der Waals surface area contributed by atoms with Crippen molar-refractivity contribution in [3.8, 4) is 0 Å². The van der Waals surface area contributed by atoms with Gasteiger partial charge >= 0.3 is 11.9 Å². The van der Waals surface area contributed by atoms with Crippen LogP contribution in [0.3, 0.4) is 0 Å². The number of hydrogen-bond acceptors (Lipinski definition) is 5. The first-order valence-corrected chi connectivity index (χ1v) is 10.5. The van der Waals surface area contributed by atoms with Crippen LogP contribution in [0.25, 0.3) is 0 Å². The first-order valence-electron chi connectivity index (χ1n) is 10.5. The molecule has 0 aromatic heterocycles. The van der Waals surface area contributed by atoms with Crippen molar-refractivity contribution < 1.29 is 24.2 Å². The van der Waals surface area contributed by atoms with Gasteiger partial charge in [-0.3, -0.25) is 4.79 Å². The Balaban J connectivity index is 1.91. The summed E-state index contributed by atoms with van der Waals surface area (Å²) in [6.07, 6.45) is 3.97.